The first-order valence-electron chi connectivity index (χ1n) is 12.2. The van der Waals surface area contributed by atoms with Gasteiger partial charge in [-0.2, -0.15) is 13.2 Å². The molecule has 0 radical (unpaired) electrons. The maximum atomic E-state index is 13.9. The molecule has 39 heavy (non-hydrogen) atoms. The molecule has 12 heteroatoms. The molecule has 1 fully saturated rings. The van der Waals surface area contributed by atoms with E-state index in [1.165, 1.54) is 24.5 Å². The quantitative estimate of drug-likeness (QED) is 0.195. The summed E-state index contributed by atoms with van der Waals surface area (Å²) in [4.78, 5) is 34.9. The molecule has 2 aromatic carbocycles. The molecule has 9 nitrogen and oxygen atoms in total. The first kappa shape index (κ1) is 27.9. The van der Waals surface area contributed by atoms with E-state index >= 15 is 0 Å². The number of benzene rings is 2. The Morgan fingerprint density at radius 2 is 1.90 bits per heavy atom. The van der Waals surface area contributed by atoms with Gasteiger partial charge in [-0.1, -0.05) is 12.1 Å². The van der Waals surface area contributed by atoms with E-state index in [2.05, 4.69) is 26.0 Å². The van der Waals surface area contributed by atoms with Gasteiger partial charge in [0.2, 0.25) is 5.91 Å². The summed E-state index contributed by atoms with van der Waals surface area (Å²) in [6.07, 6.45) is 3.47. The average molecular weight is 540 g/mol. The number of hydrazine groups is 1. The van der Waals surface area contributed by atoms with E-state index in [1.807, 2.05) is 4.90 Å². The Hall–Kier alpha value is -4.13. The molecule has 4 rings (SSSR count). The molecule has 0 aliphatic carbocycles. The second kappa shape index (κ2) is 12.2. The van der Waals surface area contributed by atoms with E-state index in [0.29, 0.717) is 30.0 Å². The number of alkyl halides is 3. The molecule has 1 unspecified atom stereocenters. The average Bonchev–Trinajstić information content (AvgIpc) is 3.37. The number of nitrogens with zero attached hydrogens (tertiary/aromatic N) is 3. The van der Waals surface area contributed by atoms with Gasteiger partial charge in [0.25, 0.3) is 5.91 Å². The van der Waals surface area contributed by atoms with Crippen LogP contribution in [0.25, 0.3) is 6.08 Å². The van der Waals surface area contributed by atoms with Crippen molar-refractivity contribution in [3.05, 3.63) is 89.0 Å². The fraction of sp³-hybridized carbons (Fsp3) is 0.259. The second-order valence-corrected chi connectivity index (χ2v) is 9.24. The number of rotatable bonds is 8. The summed E-state index contributed by atoms with van der Waals surface area (Å²) in [5.74, 6) is 4.34. The number of carbonyl (C=O) groups excluding carboxylic acids is 2. The monoisotopic (exact) mass is 539 g/mol. The second-order valence-electron chi connectivity index (χ2n) is 9.24. The largest absolute Gasteiger partial charge is 0.416 e. The summed E-state index contributed by atoms with van der Waals surface area (Å²) in [6, 6.07) is 8.45. The number of halogens is 3. The van der Waals surface area contributed by atoms with Gasteiger partial charge in [0.15, 0.2) is 0 Å². The minimum atomic E-state index is -4.63. The van der Waals surface area contributed by atoms with Crippen LogP contribution >= 0.6 is 0 Å². The normalized spacial score (nSPS) is 16.0. The lowest BCUT2D eigenvalue weighted by Gasteiger charge is -2.20. The molecule has 0 spiro atoms. The lowest BCUT2D eigenvalue weighted by molar-refractivity contribution is -0.138. The molecule has 1 aliphatic heterocycles. The van der Waals surface area contributed by atoms with E-state index in [1.54, 1.807) is 43.6 Å². The minimum absolute atomic E-state index is 0.0306. The summed E-state index contributed by atoms with van der Waals surface area (Å²) in [5, 5.41) is 5.35. The molecule has 1 saturated heterocycles. The fourth-order valence-corrected chi connectivity index (χ4v) is 4.25. The van der Waals surface area contributed by atoms with Crippen LogP contribution in [0.2, 0.25) is 0 Å². The molecule has 2 heterocycles. The molecule has 1 atom stereocenters. The first-order chi connectivity index (χ1) is 18.6. The highest BCUT2D eigenvalue weighted by molar-refractivity contribution is 6.06. The van der Waals surface area contributed by atoms with Crippen molar-refractivity contribution >= 4 is 29.3 Å². The number of hydrogen-bond acceptors (Lipinski definition) is 7. The number of likely N-dealkylation sites (tertiary alicyclic amines) is 1. The Kier molecular flexibility index (Phi) is 8.69. The van der Waals surface area contributed by atoms with Crippen LogP contribution in [-0.4, -0.2) is 45.8 Å². The summed E-state index contributed by atoms with van der Waals surface area (Å²) >= 11 is 0. The molecule has 5 N–H and O–H groups in total. The first-order valence-corrected chi connectivity index (χ1v) is 12.2. The summed E-state index contributed by atoms with van der Waals surface area (Å²) < 4.78 is 41.7. The van der Waals surface area contributed by atoms with Crippen LogP contribution < -0.4 is 21.9 Å². The van der Waals surface area contributed by atoms with Crippen molar-refractivity contribution in [2.24, 2.45) is 5.84 Å². The molecule has 2 amide bonds. The number of anilines is 2. The van der Waals surface area contributed by atoms with E-state index < -0.39 is 23.6 Å². The maximum Gasteiger partial charge on any atom is 0.416 e. The van der Waals surface area contributed by atoms with Crippen LogP contribution in [-0.2, 0) is 17.5 Å². The zero-order valence-corrected chi connectivity index (χ0v) is 21.1. The van der Waals surface area contributed by atoms with Crippen LogP contribution in [0, 0.1) is 6.92 Å². The number of amides is 2. The Morgan fingerprint density at radius 1 is 1.13 bits per heavy atom. The number of carbonyl (C=O) groups is 2. The van der Waals surface area contributed by atoms with Gasteiger partial charge in [0, 0.05) is 66.6 Å². The van der Waals surface area contributed by atoms with Crippen molar-refractivity contribution in [3.63, 3.8) is 0 Å². The van der Waals surface area contributed by atoms with Crippen LogP contribution in [0.15, 0.2) is 61.2 Å². The van der Waals surface area contributed by atoms with Gasteiger partial charge in [-0.3, -0.25) is 25.8 Å². The van der Waals surface area contributed by atoms with Gasteiger partial charge in [0.05, 0.1) is 5.56 Å². The van der Waals surface area contributed by atoms with Crippen LogP contribution in [0.5, 0.6) is 0 Å². The Labute approximate surface area is 223 Å². The summed E-state index contributed by atoms with van der Waals surface area (Å²) in [7, 11) is 0. The molecule has 3 aromatic rings. The van der Waals surface area contributed by atoms with Crippen LogP contribution in [0.4, 0.5) is 24.5 Å². The highest BCUT2D eigenvalue weighted by Crippen LogP contribution is 2.34. The lowest BCUT2D eigenvalue weighted by Crippen LogP contribution is -2.37. The molecule has 204 valence electrons. The number of aromatic nitrogens is 2. The van der Waals surface area contributed by atoms with Gasteiger partial charge in [-0.25, -0.2) is 9.97 Å². The van der Waals surface area contributed by atoms with Gasteiger partial charge >= 0.3 is 6.18 Å². The number of nitrogens with one attached hydrogen (secondary N) is 3. The smallest absolute Gasteiger partial charge is 0.322 e. The van der Waals surface area contributed by atoms with E-state index in [4.69, 9.17) is 5.84 Å². The molecule has 1 aliphatic rings. The summed E-state index contributed by atoms with van der Waals surface area (Å²) in [5.41, 5.74) is 3.89. The third-order valence-corrected chi connectivity index (χ3v) is 6.34. The Morgan fingerprint density at radius 3 is 2.59 bits per heavy atom. The predicted molar refractivity (Wildman–Crippen MR) is 141 cm³/mol. The molecular weight excluding hydrogens is 511 g/mol. The molecule has 1 aromatic heterocycles. The highest BCUT2D eigenvalue weighted by atomic mass is 19.4. The van der Waals surface area contributed by atoms with E-state index in [0.717, 1.165) is 18.1 Å². The van der Waals surface area contributed by atoms with Crippen LogP contribution in [0.3, 0.4) is 0 Å². The van der Waals surface area contributed by atoms with Gasteiger partial charge in [-0.05, 0) is 54.8 Å². The Bertz CT molecular complexity index is 1360. The number of nitrogens with two attached hydrogens (primary N) is 1. The molecular formula is C27H28F3N7O2. The Balaban J connectivity index is 1.46. The maximum absolute atomic E-state index is 13.9. The van der Waals surface area contributed by atoms with Crippen molar-refractivity contribution in [1.29, 1.82) is 0 Å². The van der Waals surface area contributed by atoms with Crippen molar-refractivity contribution in [2.75, 3.05) is 23.7 Å². The predicted octanol–water partition coefficient (Wildman–Crippen LogP) is 3.75. The zero-order chi connectivity index (χ0) is 28.0. The molecule has 0 saturated carbocycles. The van der Waals surface area contributed by atoms with Crippen LogP contribution in [0.1, 0.15) is 39.0 Å². The third-order valence-electron chi connectivity index (χ3n) is 6.34. The van der Waals surface area contributed by atoms with E-state index in [9.17, 15) is 22.8 Å². The van der Waals surface area contributed by atoms with Crippen molar-refractivity contribution in [3.8, 4) is 0 Å². The van der Waals surface area contributed by atoms with E-state index in [-0.39, 0.29) is 23.7 Å². The molecule has 0 bridgehead atoms. The van der Waals surface area contributed by atoms with Crippen molar-refractivity contribution < 1.29 is 22.8 Å². The highest BCUT2D eigenvalue weighted by Gasteiger charge is 2.35. The fourth-order valence-electron chi connectivity index (χ4n) is 4.25. The van der Waals surface area contributed by atoms with Crippen molar-refractivity contribution in [2.45, 2.75) is 32.1 Å². The van der Waals surface area contributed by atoms with Gasteiger partial charge in [-0.15, -0.1) is 0 Å². The minimum Gasteiger partial charge on any atom is -0.322 e. The van der Waals surface area contributed by atoms with Gasteiger partial charge < -0.3 is 10.6 Å². The SMILES string of the molecule is Cc1ccc(NC(=O)c2ccc(CN3CCC(NN)C3)c(C(F)(F)F)c2)cc1NC(=O)C=Cc1cncnc1. The third kappa shape index (κ3) is 7.47. The van der Waals surface area contributed by atoms with Gasteiger partial charge in [0.1, 0.15) is 6.33 Å². The van der Waals surface area contributed by atoms with Crippen molar-refractivity contribution in [1.82, 2.24) is 20.3 Å². The lowest BCUT2D eigenvalue weighted by atomic mass is 10.0. The number of hydrogen-bond donors (Lipinski definition) is 4. The topological polar surface area (TPSA) is 125 Å². The zero-order valence-electron chi connectivity index (χ0n) is 21.1. The summed E-state index contributed by atoms with van der Waals surface area (Å²) in [6.45, 7) is 3.04. The number of aryl methyl sites for hydroxylation is 1. The standard InChI is InChI=1S/C27H28F3N7O2/c1-17-2-6-21(11-24(17)35-25(38)7-3-18-12-32-16-33-13-18)34-26(39)19-4-5-20(23(10-19)27(28,29)30)14-37-9-8-22(15-37)36-31/h2-7,10-13,16,22,36H,8-9,14-15,31H2,1H3,(H,34,39)(H,35,38).